The molecule has 0 saturated heterocycles. The lowest BCUT2D eigenvalue weighted by Crippen LogP contribution is -2.08. The zero-order valence-corrected chi connectivity index (χ0v) is 11.8. The molecule has 0 unspecified atom stereocenters. The molecule has 0 aliphatic heterocycles. The number of halogens is 4. The third-order valence-corrected chi connectivity index (χ3v) is 2.94. The van der Waals surface area contributed by atoms with E-state index >= 15 is 0 Å². The smallest absolute Gasteiger partial charge is 0.381 e. The van der Waals surface area contributed by atoms with Gasteiger partial charge in [0, 0.05) is 11.0 Å². The molecule has 0 spiro atoms. The minimum absolute atomic E-state index is 0.00188. The maximum atomic E-state index is 12.3. The van der Waals surface area contributed by atoms with Crippen LogP contribution in [0.25, 0.3) is 0 Å². The largest absolute Gasteiger partial charge is 0.446 e. The summed E-state index contributed by atoms with van der Waals surface area (Å²) in [5.74, 6) is 0.300. The van der Waals surface area contributed by atoms with Crippen LogP contribution in [0, 0.1) is 0 Å². The van der Waals surface area contributed by atoms with E-state index in [1.165, 1.54) is 30.3 Å². The van der Waals surface area contributed by atoms with Gasteiger partial charge in [0.05, 0.1) is 0 Å². The lowest BCUT2D eigenvalue weighted by molar-refractivity contribution is -0.0328. The summed E-state index contributed by atoms with van der Waals surface area (Å²) in [6.45, 7) is 0. The van der Waals surface area contributed by atoms with Crippen LogP contribution in [-0.2, 0) is 0 Å². The quantitative estimate of drug-likeness (QED) is 0.503. The van der Waals surface area contributed by atoms with E-state index in [4.69, 9.17) is 22.2 Å². The molecular weight excluding hydrogens is 329 g/mol. The molecule has 2 aromatic rings. The van der Waals surface area contributed by atoms with Crippen LogP contribution >= 0.6 is 23.4 Å². The molecule has 0 atom stereocenters. The van der Waals surface area contributed by atoms with Crippen molar-refractivity contribution >= 4 is 35.1 Å². The fourth-order valence-corrected chi connectivity index (χ4v) is 2.11. The molecule has 5 nitrogen and oxygen atoms in total. The van der Waals surface area contributed by atoms with Gasteiger partial charge in [0.2, 0.25) is 5.95 Å². The first kappa shape index (κ1) is 15.5. The average Bonchev–Trinajstić information content (AvgIpc) is 2.33. The fraction of sp³-hybridized carbons (Fsp3) is 0.0909. The van der Waals surface area contributed by atoms with E-state index in [9.17, 15) is 13.2 Å². The molecule has 0 aliphatic rings. The van der Waals surface area contributed by atoms with Crippen LogP contribution in [0.5, 0.6) is 5.75 Å². The Balaban J connectivity index is 2.04. The van der Waals surface area contributed by atoms with Gasteiger partial charge in [0.25, 0.3) is 0 Å². The Bertz CT molecular complexity index is 621. The van der Waals surface area contributed by atoms with Crippen molar-refractivity contribution in [2.75, 3.05) is 11.2 Å². The molecule has 21 heavy (non-hydrogen) atoms. The van der Waals surface area contributed by atoms with Crippen molar-refractivity contribution in [2.45, 2.75) is 10.4 Å². The molecule has 0 radical (unpaired) electrons. The molecule has 0 saturated carbocycles. The summed E-state index contributed by atoms with van der Waals surface area (Å²) in [5.41, 5.74) is 3.46. The van der Waals surface area contributed by atoms with Crippen molar-refractivity contribution in [3.63, 3.8) is 0 Å². The molecule has 10 heteroatoms. The van der Waals surface area contributed by atoms with E-state index in [0.717, 1.165) is 0 Å². The predicted molar refractivity (Wildman–Crippen MR) is 74.1 cm³/mol. The second kappa shape index (κ2) is 6.27. The van der Waals surface area contributed by atoms with Gasteiger partial charge in [-0.15, -0.1) is 0 Å². The number of nitrogens with one attached hydrogen (secondary N) is 1. The summed E-state index contributed by atoms with van der Waals surface area (Å²) in [5, 5.41) is 0.106. The van der Waals surface area contributed by atoms with Crippen LogP contribution in [0.1, 0.15) is 0 Å². The van der Waals surface area contributed by atoms with Crippen molar-refractivity contribution in [3.8, 4) is 5.75 Å². The number of rotatable bonds is 4. The van der Waals surface area contributed by atoms with E-state index in [2.05, 4.69) is 15.4 Å². The van der Waals surface area contributed by atoms with Crippen molar-refractivity contribution in [2.24, 2.45) is 0 Å². The molecule has 0 amide bonds. The van der Waals surface area contributed by atoms with Gasteiger partial charge < -0.3 is 10.6 Å². The molecule has 1 aromatic heterocycles. The maximum absolute atomic E-state index is 12.3. The Kier molecular flexibility index (Phi) is 4.63. The van der Waals surface area contributed by atoms with Crippen LogP contribution in [0.3, 0.4) is 0 Å². The lowest BCUT2D eigenvalue weighted by Gasteiger charge is -2.10. The Morgan fingerprint density at radius 1 is 1.24 bits per heavy atom. The molecule has 0 fully saturated rings. The van der Waals surface area contributed by atoms with Gasteiger partial charge in [0.15, 0.2) is 11.6 Å². The number of thioether (sulfide) groups is 1. The molecule has 2 rings (SSSR count). The number of nitrogens with zero attached hydrogens (tertiary/aromatic N) is 2. The number of aromatic nitrogens is 2. The number of hydrogen-bond donors (Lipinski definition) is 2. The number of benzene rings is 1. The molecule has 1 aromatic carbocycles. The average molecular weight is 337 g/mol. The van der Waals surface area contributed by atoms with E-state index in [0.29, 0.717) is 0 Å². The van der Waals surface area contributed by atoms with Gasteiger partial charge in [-0.1, -0.05) is 17.7 Å². The van der Waals surface area contributed by atoms with Gasteiger partial charge in [-0.05, 0) is 30.0 Å². The molecule has 0 bridgehead atoms. The highest BCUT2D eigenvalue weighted by atomic mass is 35.5. The Morgan fingerprint density at radius 2 is 2.00 bits per heavy atom. The van der Waals surface area contributed by atoms with Crippen molar-refractivity contribution < 1.29 is 18.0 Å². The van der Waals surface area contributed by atoms with Crippen molar-refractivity contribution in [1.82, 2.24) is 9.97 Å². The first-order chi connectivity index (χ1) is 9.82. The summed E-state index contributed by atoms with van der Waals surface area (Å²) in [7, 11) is 0. The van der Waals surface area contributed by atoms with Crippen LogP contribution in [-0.4, -0.2) is 15.5 Å². The molecule has 3 N–H and O–H groups in total. The summed E-state index contributed by atoms with van der Waals surface area (Å²) in [6.07, 6.45) is 0. The van der Waals surface area contributed by atoms with Gasteiger partial charge in [-0.3, -0.25) is 0 Å². The highest BCUT2D eigenvalue weighted by Gasteiger charge is 2.29. The number of anilines is 2. The second-order valence-electron chi connectivity index (χ2n) is 3.66. The Labute approximate surface area is 126 Å². The molecule has 112 valence electrons. The first-order valence-corrected chi connectivity index (χ1v) is 6.60. The molecule has 0 aliphatic carbocycles. The lowest BCUT2D eigenvalue weighted by atomic mass is 10.3. The van der Waals surface area contributed by atoms with Crippen LogP contribution in [0.15, 0.2) is 35.2 Å². The molecular formula is C11H8ClF3N4OS. The van der Waals surface area contributed by atoms with Crippen LogP contribution in [0.4, 0.5) is 24.9 Å². The SMILES string of the molecule is Nc1nc(Cl)cc(NOc2cccc(SC(F)(F)F)c2)n1. The highest BCUT2D eigenvalue weighted by molar-refractivity contribution is 8.00. The number of alkyl halides is 3. The summed E-state index contributed by atoms with van der Waals surface area (Å²) >= 11 is 5.44. The standard InChI is InChI=1S/C11H8ClF3N4OS/c12-8-5-9(18-10(16)17-8)19-20-6-2-1-3-7(4-6)21-11(13,14)15/h1-5H,(H3,16,17,18,19). The summed E-state index contributed by atoms with van der Waals surface area (Å²) in [4.78, 5) is 12.6. The minimum Gasteiger partial charge on any atom is -0.381 e. The van der Waals surface area contributed by atoms with E-state index in [1.54, 1.807) is 0 Å². The van der Waals surface area contributed by atoms with Crippen LogP contribution < -0.4 is 16.1 Å². The number of hydrogen-bond acceptors (Lipinski definition) is 6. The monoisotopic (exact) mass is 336 g/mol. The first-order valence-electron chi connectivity index (χ1n) is 5.40. The van der Waals surface area contributed by atoms with Gasteiger partial charge in [0.1, 0.15) is 5.15 Å². The summed E-state index contributed by atoms with van der Waals surface area (Å²) < 4.78 is 36.8. The fourth-order valence-electron chi connectivity index (χ4n) is 1.33. The van der Waals surface area contributed by atoms with E-state index < -0.39 is 5.51 Å². The molecule has 1 heterocycles. The number of nitrogen functional groups attached to an aromatic ring is 1. The van der Waals surface area contributed by atoms with Crippen molar-refractivity contribution in [1.29, 1.82) is 0 Å². The third-order valence-electron chi connectivity index (χ3n) is 2.02. The maximum Gasteiger partial charge on any atom is 0.446 e. The summed E-state index contributed by atoms with van der Waals surface area (Å²) in [6, 6.07) is 6.83. The third kappa shape index (κ3) is 5.20. The van der Waals surface area contributed by atoms with Gasteiger partial charge in [-0.25, -0.2) is 10.5 Å². The number of nitrogens with two attached hydrogens (primary N) is 1. The zero-order chi connectivity index (χ0) is 15.5. The Hall–Kier alpha value is -1.87. The van der Waals surface area contributed by atoms with E-state index in [-0.39, 0.29) is 39.3 Å². The normalized spacial score (nSPS) is 11.2. The van der Waals surface area contributed by atoms with Crippen molar-refractivity contribution in [3.05, 3.63) is 35.5 Å². The highest BCUT2D eigenvalue weighted by Crippen LogP contribution is 2.37. The topological polar surface area (TPSA) is 73.1 Å². The van der Waals surface area contributed by atoms with Gasteiger partial charge in [-0.2, -0.15) is 18.2 Å². The second-order valence-corrected chi connectivity index (χ2v) is 5.19. The zero-order valence-electron chi connectivity index (χ0n) is 10.2. The Morgan fingerprint density at radius 3 is 2.67 bits per heavy atom. The van der Waals surface area contributed by atoms with E-state index in [1.807, 2.05) is 0 Å². The van der Waals surface area contributed by atoms with Crippen LogP contribution in [0.2, 0.25) is 5.15 Å². The predicted octanol–water partition coefficient (Wildman–Crippen LogP) is 3.73. The van der Waals surface area contributed by atoms with Gasteiger partial charge >= 0.3 is 5.51 Å². The minimum atomic E-state index is -4.36.